The standard InChI is InChI=1S/C11H18FNO7/c1-4(15)13-7-8(17)6(12)10(11(18)19)20-9(7)5(16)2-3-14/h5-10,14,16-17H,2-3H2,1H3,(H,13,15)(H,18,19)/t5-,6-,7-,8+,9+,10?/m1/s1. The summed E-state index contributed by atoms with van der Waals surface area (Å²) in [5, 5.41) is 39.4. The zero-order chi connectivity index (χ0) is 15.4. The van der Waals surface area contributed by atoms with Gasteiger partial charge in [0.05, 0.1) is 12.1 Å². The van der Waals surface area contributed by atoms with Gasteiger partial charge in [-0.25, -0.2) is 9.18 Å². The molecule has 8 nitrogen and oxygen atoms in total. The Hall–Kier alpha value is -1.29. The fourth-order valence-corrected chi connectivity index (χ4v) is 2.12. The van der Waals surface area contributed by atoms with Crippen LogP contribution in [0, 0.1) is 0 Å². The summed E-state index contributed by atoms with van der Waals surface area (Å²) < 4.78 is 18.7. The van der Waals surface area contributed by atoms with Crippen LogP contribution in [0.5, 0.6) is 0 Å². The molecule has 0 aromatic rings. The Morgan fingerprint density at radius 1 is 1.45 bits per heavy atom. The molecule has 1 aliphatic heterocycles. The molecule has 0 aromatic carbocycles. The van der Waals surface area contributed by atoms with Gasteiger partial charge in [-0.2, -0.15) is 0 Å². The molecule has 0 aliphatic carbocycles. The second-order valence-electron chi connectivity index (χ2n) is 4.60. The fourth-order valence-electron chi connectivity index (χ4n) is 2.12. The maximum Gasteiger partial charge on any atom is 0.336 e. The number of ether oxygens (including phenoxy) is 1. The smallest absolute Gasteiger partial charge is 0.336 e. The third-order valence-electron chi connectivity index (χ3n) is 3.06. The molecule has 1 saturated heterocycles. The largest absolute Gasteiger partial charge is 0.479 e. The van der Waals surface area contributed by atoms with E-state index in [-0.39, 0.29) is 6.42 Å². The molecule has 20 heavy (non-hydrogen) atoms. The second-order valence-corrected chi connectivity index (χ2v) is 4.60. The van der Waals surface area contributed by atoms with Crippen LogP contribution >= 0.6 is 0 Å². The molecule has 0 spiro atoms. The van der Waals surface area contributed by atoms with Crippen LogP contribution in [0.3, 0.4) is 0 Å². The Balaban J connectivity index is 2.98. The van der Waals surface area contributed by atoms with Gasteiger partial charge in [-0.3, -0.25) is 4.79 Å². The number of nitrogens with one attached hydrogen (secondary N) is 1. The molecule has 0 saturated carbocycles. The number of hydrogen-bond acceptors (Lipinski definition) is 6. The number of carbonyl (C=O) groups excluding carboxylic acids is 1. The highest BCUT2D eigenvalue weighted by molar-refractivity contribution is 5.75. The van der Waals surface area contributed by atoms with E-state index >= 15 is 0 Å². The van der Waals surface area contributed by atoms with E-state index < -0.39 is 55.1 Å². The number of halogens is 1. The summed E-state index contributed by atoms with van der Waals surface area (Å²) in [5.41, 5.74) is 0. The quantitative estimate of drug-likeness (QED) is 0.388. The van der Waals surface area contributed by atoms with E-state index in [9.17, 15) is 24.2 Å². The van der Waals surface area contributed by atoms with Gasteiger partial charge in [-0.1, -0.05) is 0 Å². The lowest BCUT2D eigenvalue weighted by Crippen LogP contribution is -2.66. The average molecular weight is 295 g/mol. The minimum atomic E-state index is -2.25. The van der Waals surface area contributed by atoms with Crippen LogP contribution < -0.4 is 5.32 Å². The number of carboxylic acids is 1. The van der Waals surface area contributed by atoms with Gasteiger partial charge in [-0.15, -0.1) is 0 Å². The van der Waals surface area contributed by atoms with Crippen LogP contribution in [0.2, 0.25) is 0 Å². The Morgan fingerprint density at radius 2 is 2.05 bits per heavy atom. The Bertz CT molecular complexity index is 367. The minimum absolute atomic E-state index is 0.170. The monoisotopic (exact) mass is 295 g/mol. The van der Waals surface area contributed by atoms with E-state index in [1.165, 1.54) is 0 Å². The number of amides is 1. The first kappa shape index (κ1) is 16.8. The summed E-state index contributed by atoms with van der Waals surface area (Å²) in [6, 6.07) is -1.31. The summed E-state index contributed by atoms with van der Waals surface area (Å²) in [4.78, 5) is 21.9. The molecular weight excluding hydrogens is 277 g/mol. The zero-order valence-electron chi connectivity index (χ0n) is 10.8. The number of carboxylic acid groups (broad SMARTS) is 1. The number of rotatable bonds is 5. The van der Waals surface area contributed by atoms with Gasteiger partial charge in [0.25, 0.3) is 0 Å². The van der Waals surface area contributed by atoms with E-state index in [0.29, 0.717) is 0 Å². The van der Waals surface area contributed by atoms with Gasteiger partial charge in [0, 0.05) is 13.5 Å². The summed E-state index contributed by atoms with van der Waals surface area (Å²) in [5.74, 6) is -2.22. The van der Waals surface area contributed by atoms with Crippen molar-refractivity contribution < 1.29 is 39.1 Å². The van der Waals surface area contributed by atoms with E-state index in [1.807, 2.05) is 0 Å². The van der Waals surface area contributed by atoms with Crippen LogP contribution in [-0.2, 0) is 14.3 Å². The predicted molar refractivity (Wildman–Crippen MR) is 62.5 cm³/mol. The molecule has 1 rings (SSSR count). The number of aliphatic hydroxyl groups is 3. The van der Waals surface area contributed by atoms with Gasteiger partial charge in [0.2, 0.25) is 5.91 Å². The summed E-state index contributed by atoms with van der Waals surface area (Å²) in [6.07, 6.45) is -8.91. The molecule has 116 valence electrons. The van der Waals surface area contributed by atoms with Crippen molar-refractivity contribution in [3.63, 3.8) is 0 Å². The van der Waals surface area contributed by atoms with Crippen LogP contribution in [0.4, 0.5) is 4.39 Å². The van der Waals surface area contributed by atoms with Crippen molar-refractivity contribution in [1.82, 2.24) is 5.32 Å². The number of alkyl halides is 1. The van der Waals surface area contributed by atoms with E-state index in [1.54, 1.807) is 0 Å². The van der Waals surface area contributed by atoms with Gasteiger partial charge in [0.1, 0.15) is 12.2 Å². The highest BCUT2D eigenvalue weighted by Gasteiger charge is 2.50. The molecule has 5 N–H and O–H groups in total. The first-order valence-electron chi connectivity index (χ1n) is 6.06. The highest BCUT2D eigenvalue weighted by Crippen LogP contribution is 2.26. The zero-order valence-corrected chi connectivity index (χ0v) is 10.8. The van der Waals surface area contributed by atoms with Crippen molar-refractivity contribution in [2.45, 2.75) is 50.0 Å². The van der Waals surface area contributed by atoms with Crippen molar-refractivity contribution in [2.24, 2.45) is 0 Å². The molecule has 1 aliphatic rings. The lowest BCUT2D eigenvalue weighted by atomic mass is 9.89. The first-order valence-corrected chi connectivity index (χ1v) is 6.06. The molecule has 0 radical (unpaired) electrons. The SMILES string of the molecule is CC(=O)N[C@@H]1[C@@H](O)[C@@H](F)C(C(=O)O)O[C@H]1[C@H](O)CCO. The molecular formula is C11H18FNO7. The van der Waals surface area contributed by atoms with Gasteiger partial charge < -0.3 is 30.5 Å². The van der Waals surface area contributed by atoms with Crippen molar-refractivity contribution in [1.29, 1.82) is 0 Å². The van der Waals surface area contributed by atoms with Crippen molar-refractivity contribution in [2.75, 3.05) is 6.61 Å². The Kier molecular flexibility index (Phi) is 5.81. The normalized spacial score (nSPS) is 35.4. The predicted octanol–water partition coefficient (Wildman–Crippen LogP) is -2.21. The molecule has 1 unspecified atom stereocenters. The van der Waals surface area contributed by atoms with Crippen molar-refractivity contribution in [3.05, 3.63) is 0 Å². The average Bonchev–Trinajstić information content (AvgIpc) is 2.34. The van der Waals surface area contributed by atoms with Crippen molar-refractivity contribution >= 4 is 11.9 Å². The van der Waals surface area contributed by atoms with Gasteiger partial charge in [-0.05, 0) is 6.42 Å². The second kappa shape index (κ2) is 6.93. The molecule has 1 fully saturated rings. The molecule has 9 heteroatoms. The minimum Gasteiger partial charge on any atom is -0.479 e. The molecule has 1 heterocycles. The Morgan fingerprint density at radius 3 is 2.50 bits per heavy atom. The van der Waals surface area contributed by atoms with Crippen LogP contribution in [0.15, 0.2) is 0 Å². The maximum atomic E-state index is 13.8. The van der Waals surface area contributed by atoms with E-state index in [4.69, 9.17) is 14.9 Å². The number of aliphatic hydroxyl groups excluding tert-OH is 3. The van der Waals surface area contributed by atoms with Crippen LogP contribution in [-0.4, -0.2) is 75.5 Å². The van der Waals surface area contributed by atoms with Crippen LogP contribution in [0.1, 0.15) is 13.3 Å². The third-order valence-corrected chi connectivity index (χ3v) is 3.06. The van der Waals surface area contributed by atoms with Crippen molar-refractivity contribution in [3.8, 4) is 0 Å². The summed E-state index contributed by atoms with van der Waals surface area (Å²) >= 11 is 0. The number of aliphatic carboxylic acids is 1. The number of hydrogen-bond donors (Lipinski definition) is 5. The van der Waals surface area contributed by atoms with Gasteiger partial charge >= 0.3 is 5.97 Å². The molecule has 0 aromatic heterocycles. The van der Waals surface area contributed by atoms with Crippen LogP contribution in [0.25, 0.3) is 0 Å². The molecule has 0 bridgehead atoms. The summed E-state index contributed by atoms with van der Waals surface area (Å²) in [7, 11) is 0. The fraction of sp³-hybridized carbons (Fsp3) is 0.818. The maximum absolute atomic E-state index is 13.8. The topological polar surface area (TPSA) is 136 Å². The van der Waals surface area contributed by atoms with E-state index in [2.05, 4.69) is 5.32 Å². The molecule has 6 atom stereocenters. The summed E-state index contributed by atoms with van der Waals surface area (Å²) in [6.45, 7) is 0.708. The first-order chi connectivity index (χ1) is 9.29. The van der Waals surface area contributed by atoms with E-state index in [0.717, 1.165) is 6.92 Å². The number of carbonyl (C=O) groups is 2. The molecule has 1 amide bonds. The highest BCUT2D eigenvalue weighted by atomic mass is 19.1. The third kappa shape index (κ3) is 3.63. The van der Waals surface area contributed by atoms with Gasteiger partial charge in [0.15, 0.2) is 12.3 Å². The Labute approximate surface area is 114 Å². The lowest BCUT2D eigenvalue weighted by Gasteiger charge is -2.42. The lowest BCUT2D eigenvalue weighted by molar-refractivity contribution is -0.205.